The molecule has 21 heavy (non-hydrogen) atoms. The Morgan fingerprint density at radius 2 is 2.14 bits per heavy atom. The molecule has 2 N–H and O–H groups in total. The number of nitrogens with zero attached hydrogens (tertiary/aromatic N) is 1. The third kappa shape index (κ3) is 4.15. The molecule has 3 atom stereocenters. The SMILES string of the molecule is CCOC(=O)C1CCCN1S(=O)(=O)NCC1CCC(O)C1. The number of ether oxygens (including phenoxy) is 1. The van der Waals surface area contributed by atoms with Crippen LogP contribution in [0, 0.1) is 5.92 Å². The van der Waals surface area contributed by atoms with Crippen molar-refractivity contribution in [3.63, 3.8) is 0 Å². The third-order valence-electron chi connectivity index (χ3n) is 4.14. The van der Waals surface area contributed by atoms with E-state index in [0.717, 1.165) is 12.8 Å². The molecular weight excluding hydrogens is 296 g/mol. The van der Waals surface area contributed by atoms with Gasteiger partial charge in [-0.25, -0.2) is 4.72 Å². The van der Waals surface area contributed by atoms with E-state index >= 15 is 0 Å². The largest absolute Gasteiger partial charge is 0.465 e. The molecule has 0 aromatic heterocycles. The Bertz CT molecular complexity index is 467. The van der Waals surface area contributed by atoms with Crippen molar-refractivity contribution in [2.45, 2.75) is 51.2 Å². The number of rotatable bonds is 6. The van der Waals surface area contributed by atoms with E-state index in [4.69, 9.17) is 4.74 Å². The maximum Gasteiger partial charge on any atom is 0.324 e. The molecule has 0 aromatic rings. The highest BCUT2D eigenvalue weighted by Crippen LogP contribution is 2.26. The van der Waals surface area contributed by atoms with Gasteiger partial charge < -0.3 is 9.84 Å². The van der Waals surface area contributed by atoms with Gasteiger partial charge >= 0.3 is 5.97 Å². The smallest absolute Gasteiger partial charge is 0.324 e. The molecule has 122 valence electrons. The van der Waals surface area contributed by atoms with Crippen LogP contribution < -0.4 is 4.72 Å². The van der Waals surface area contributed by atoms with Crippen LogP contribution in [0.25, 0.3) is 0 Å². The number of aliphatic hydroxyl groups is 1. The minimum absolute atomic E-state index is 0.165. The molecular formula is C13H24N2O5S. The molecule has 1 heterocycles. The lowest BCUT2D eigenvalue weighted by Gasteiger charge is -2.23. The monoisotopic (exact) mass is 320 g/mol. The summed E-state index contributed by atoms with van der Waals surface area (Å²) >= 11 is 0. The zero-order valence-corrected chi connectivity index (χ0v) is 13.1. The summed E-state index contributed by atoms with van der Waals surface area (Å²) in [6.07, 6.45) is 3.02. The minimum atomic E-state index is -3.68. The summed E-state index contributed by atoms with van der Waals surface area (Å²) in [6.45, 7) is 2.60. The van der Waals surface area contributed by atoms with Crippen LogP contribution >= 0.6 is 0 Å². The lowest BCUT2D eigenvalue weighted by Crippen LogP contribution is -2.47. The highest BCUT2D eigenvalue weighted by Gasteiger charge is 2.39. The first kappa shape index (κ1) is 16.7. The second kappa shape index (κ2) is 7.04. The van der Waals surface area contributed by atoms with Gasteiger partial charge in [0, 0.05) is 13.1 Å². The van der Waals surface area contributed by atoms with E-state index in [0.29, 0.717) is 32.4 Å². The highest BCUT2D eigenvalue weighted by molar-refractivity contribution is 7.87. The molecule has 0 radical (unpaired) electrons. The van der Waals surface area contributed by atoms with Crippen molar-refractivity contribution in [1.29, 1.82) is 0 Å². The van der Waals surface area contributed by atoms with Gasteiger partial charge in [-0.05, 0) is 44.9 Å². The predicted molar refractivity (Wildman–Crippen MR) is 76.6 cm³/mol. The van der Waals surface area contributed by atoms with Gasteiger partial charge in [-0.15, -0.1) is 0 Å². The molecule has 0 spiro atoms. The summed E-state index contributed by atoms with van der Waals surface area (Å²) in [5.74, 6) is -0.310. The van der Waals surface area contributed by atoms with Gasteiger partial charge in [-0.1, -0.05) is 0 Å². The second-order valence-electron chi connectivity index (χ2n) is 5.71. The molecule has 2 rings (SSSR count). The normalized spacial score (nSPS) is 30.7. The van der Waals surface area contributed by atoms with Crippen LogP contribution in [-0.4, -0.2) is 55.6 Å². The second-order valence-corrected chi connectivity index (χ2v) is 7.42. The van der Waals surface area contributed by atoms with Crippen LogP contribution in [0.2, 0.25) is 0 Å². The number of nitrogens with one attached hydrogen (secondary N) is 1. The molecule has 8 heteroatoms. The molecule has 0 aromatic carbocycles. The Morgan fingerprint density at radius 3 is 2.76 bits per heavy atom. The standard InChI is InChI=1S/C13H24N2O5S/c1-2-20-13(17)12-4-3-7-15(12)21(18,19)14-9-10-5-6-11(16)8-10/h10-12,14,16H,2-9H2,1H3. The van der Waals surface area contributed by atoms with Crippen molar-refractivity contribution in [1.82, 2.24) is 9.03 Å². The van der Waals surface area contributed by atoms with Crippen molar-refractivity contribution in [2.24, 2.45) is 5.92 Å². The van der Waals surface area contributed by atoms with Crippen LogP contribution in [0.5, 0.6) is 0 Å². The fraction of sp³-hybridized carbons (Fsp3) is 0.923. The average Bonchev–Trinajstić information content (AvgIpc) is 3.05. The molecule has 1 saturated carbocycles. The van der Waals surface area contributed by atoms with Gasteiger partial charge in [0.1, 0.15) is 6.04 Å². The number of hydrogen-bond donors (Lipinski definition) is 2. The lowest BCUT2D eigenvalue weighted by molar-refractivity contribution is -0.146. The first-order valence-electron chi connectivity index (χ1n) is 7.55. The van der Waals surface area contributed by atoms with E-state index in [2.05, 4.69) is 4.72 Å². The van der Waals surface area contributed by atoms with Crippen LogP contribution in [-0.2, 0) is 19.7 Å². The van der Waals surface area contributed by atoms with E-state index in [-0.39, 0.29) is 18.6 Å². The summed E-state index contributed by atoms with van der Waals surface area (Å²) < 4.78 is 33.4. The fourth-order valence-corrected chi connectivity index (χ4v) is 4.55. The van der Waals surface area contributed by atoms with Crippen LogP contribution in [0.4, 0.5) is 0 Å². The van der Waals surface area contributed by atoms with Crippen LogP contribution in [0.1, 0.15) is 39.0 Å². The lowest BCUT2D eigenvalue weighted by atomic mass is 10.1. The van der Waals surface area contributed by atoms with E-state index < -0.39 is 22.2 Å². The van der Waals surface area contributed by atoms with Gasteiger partial charge in [0.15, 0.2) is 0 Å². The Labute approximate surface area is 125 Å². The van der Waals surface area contributed by atoms with E-state index in [1.54, 1.807) is 6.92 Å². The Hall–Kier alpha value is -0.700. The fourth-order valence-electron chi connectivity index (χ4n) is 3.04. The Balaban J connectivity index is 1.93. The van der Waals surface area contributed by atoms with Gasteiger partial charge in [-0.3, -0.25) is 4.79 Å². The van der Waals surface area contributed by atoms with E-state index in [9.17, 15) is 18.3 Å². The van der Waals surface area contributed by atoms with Crippen LogP contribution in [0.15, 0.2) is 0 Å². The van der Waals surface area contributed by atoms with Crippen molar-refractivity contribution in [3.05, 3.63) is 0 Å². The van der Waals surface area contributed by atoms with Crippen molar-refractivity contribution in [2.75, 3.05) is 19.7 Å². The van der Waals surface area contributed by atoms with Crippen molar-refractivity contribution >= 4 is 16.2 Å². The predicted octanol–water partition coefficient (Wildman–Crippen LogP) is 0.00930. The highest BCUT2D eigenvalue weighted by atomic mass is 32.2. The van der Waals surface area contributed by atoms with E-state index in [1.807, 2.05) is 0 Å². The minimum Gasteiger partial charge on any atom is -0.465 e. The average molecular weight is 320 g/mol. The van der Waals surface area contributed by atoms with Gasteiger partial charge in [-0.2, -0.15) is 12.7 Å². The first-order chi connectivity index (χ1) is 9.94. The summed E-state index contributed by atoms with van der Waals surface area (Å²) in [5.41, 5.74) is 0. The number of carbonyl (C=O) groups excluding carboxylic acids is 1. The summed E-state index contributed by atoms with van der Waals surface area (Å²) in [7, 11) is -3.68. The van der Waals surface area contributed by atoms with Crippen LogP contribution in [0.3, 0.4) is 0 Å². The number of carbonyl (C=O) groups is 1. The molecule has 2 aliphatic rings. The zero-order valence-electron chi connectivity index (χ0n) is 12.3. The third-order valence-corrected chi connectivity index (χ3v) is 5.73. The quantitative estimate of drug-likeness (QED) is 0.672. The summed E-state index contributed by atoms with van der Waals surface area (Å²) in [5, 5.41) is 9.47. The molecule has 7 nitrogen and oxygen atoms in total. The number of aliphatic hydroxyl groups excluding tert-OH is 1. The summed E-state index contributed by atoms with van der Waals surface area (Å²) in [4.78, 5) is 11.8. The summed E-state index contributed by atoms with van der Waals surface area (Å²) in [6, 6.07) is -0.711. The number of esters is 1. The van der Waals surface area contributed by atoms with Gasteiger partial charge in [0.25, 0.3) is 10.2 Å². The Morgan fingerprint density at radius 1 is 1.38 bits per heavy atom. The number of hydrogen-bond acceptors (Lipinski definition) is 5. The molecule has 0 amide bonds. The Kier molecular flexibility index (Phi) is 5.59. The van der Waals surface area contributed by atoms with Gasteiger partial charge in [0.05, 0.1) is 12.7 Å². The molecule has 1 aliphatic heterocycles. The molecule has 1 saturated heterocycles. The van der Waals surface area contributed by atoms with Gasteiger partial charge in [0.2, 0.25) is 0 Å². The molecule has 0 bridgehead atoms. The maximum absolute atomic E-state index is 12.3. The zero-order chi connectivity index (χ0) is 15.5. The van der Waals surface area contributed by atoms with Crippen molar-refractivity contribution < 1.29 is 23.1 Å². The van der Waals surface area contributed by atoms with E-state index in [1.165, 1.54) is 4.31 Å². The molecule has 1 aliphatic carbocycles. The maximum atomic E-state index is 12.3. The topological polar surface area (TPSA) is 95.9 Å². The van der Waals surface area contributed by atoms with Crippen molar-refractivity contribution in [3.8, 4) is 0 Å². The first-order valence-corrected chi connectivity index (χ1v) is 8.99. The molecule has 2 fully saturated rings. The molecule has 3 unspecified atom stereocenters.